The van der Waals surface area contributed by atoms with E-state index in [1.54, 1.807) is 7.11 Å². The highest BCUT2D eigenvalue weighted by molar-refractivity contribution is 5.22. The Hall–Kier alpha value is -0.500. The molecule has 184 valence electrons. The van der Waals surface area contributed by atoms with Gasteiger partial charge in [-0.05, 0) is 37.3 Å². The van der Waals surface area contributed by atoms with Gasteiger partial charge < -0.3 is 28.4 Å². The molecule has 0 N–H and O–H groups in total. The fourth-order valence-corrected chi connectivity index (χ4v) is 3.48. The number of rotatable bonds is 20. The molecular weight excluding hydrogens is 396 g/mol. The molecule has 0 spiro atoms. The SMILES string of the molecule is CCCCOCC1=C[C@@H](OCOC)[C@H](OCCCC)[C@@H](OCCCC)[C@@H]1OCCCC. The molecule has 0 aromatic heterocycles. The van der Waals surface area contributed by atoms with Crippen LogP contribution in [-0.4, -0.2) is 71.4 Å². The van der Waals surface area contributed by atoms with E-state index in [0.29, 0.717) is 26.4 Å². The summed E-state index contributed by atoms with van der Waals surface area (Å²) < 4.78 is 36.3. The van der Waals surface area contributed by atoms with Gasteiger partial charge >= 0.3 is 0 Å². The predicted molar refractivity (Wildman–Crippen MR) is 125 cm³/mol. The van der Waals surface area contributed by atoms with E-state index in [2.05, 4.69) is 33.8 Å². The van der Waals surface area contributed by atoms with E-state index < -0.39 is 0 Å². The minimum Gasteiger partial charge on any atom is -0.377 e. The monoisotopic (exact) mass is 444 g/mol. The number of ether oxygens (including phenoxy) is 6. The Bertz CT molecular complexity index is 442. The lowest BCUT2D eigenvalue weighted by Gasteiger charge is -2.41. The molecule has 6 heteroatoms. The molecule has 1 aliphatic rings. The molecule has 0 saturated carbocycles. The third kappa shape index (κ3) is 11.3. The van der Waals surface area contributed by atoms with Gasteiger partial charge in [-0.25, -0.2) is 0 Å². The normalized spacial score (nSPS) is 23.8. The van der Waals surface area contributed by atoms with Crippen LogP contribution in [-0.2, 0) is 28.4 Å². The summed E-state index contributed by atoms with van der Waals surface area (Å²) in [6.45, 7) is 12.2. The quantitative estimate of drug-likeness (QED) is 0.144. The van der Waals surface area contributed by atoms with Gasteiger partial charge in [-0.2, -0.15) is 0 Å². The van der Waals surface area contributed by atoms with Crippen LogP contribution in [0.3, 0.4) is 0 Å². The number of unbranched alkanes of at least 4 members (excludes halogenated alkanes) is 4. The van der Waals surface area contributed by atoms with E-state index in [9.17, 15) is 0 Å². The van der Waals surface area contributed by atoms with Crippen LogP contribution in [0.5, 0.6) is 0 Å². The molecular formula is C25H48O6. The summed E-state index contributed by atoms with van der Waals surface area (Å²) in [7, 11) is 1.64. The Morgan fingerprint density at radius 2 is 1.23 bits per heavy atom. The molecule has 0 saturated heterocycles. The van der Waals surface area contributed by atoms with Gasteiger partial charge in [0.2, 0.25) is 0 Å². The maximum atomic E-state index is 6.41. The number of hydrogen-bond acceptors (Lipinski definition) is 6. The van der Waals surface area contributed by atoms with Gasteiger partial charge in [0.15, 0.2) is 0 Å². The van der Waals surface area contributed by atoms with Crippen LogP contribution in [0.1, 0.15) is 79.1 Å². The smallest absolute Gasteiger partial charge is 0.147 e. The molecule has 0 unspecified atom stereocenters. The Balaban J connectivity index is 3.10. The summed E-state index contributed by atoms with van der Waals surface area (Å²) in [6.07, 6.45) is 9.70. The molecule has 0 aromatic carbocycles. The van der Waals surface area contributed by atoms with Crippen molar-refractivity contribution in [1.29, 1.82) is 0 Å². The van der Waals surface area contributed by atoms with Gasteiger partial charge in [-0.1, -0.05) is 53.4 Å². The molecule has 0 aromatic rings. The molecule has 4 atom stereocenters. The average Bonchev–Trinajstić information content (AvgIpc) is 2.78. The maximum absolute atomic E-state index is 6.41. The summed E-state index contributed by atoms with van der Waals surface area (Å²) in [4.78, 5) is 0. The molecule has 1 rings (SSSR count). The number of hydrogen-bond donors (Lipinski definition) is 0. The van der Waals surface area contributed by atoms with Gasteiger partial charge in [-0.15, -0.1) is 0 Å². The summed E-state index contributed by atoms with van der Waals surface area (Å²) in [5.41, 5.74) is 1.09. The van der Waals surface area contributed by atoms with Gasteiger partial charge in [0, 0.05) is 33.5 Å². The van der Waals surface area contributed by atoms with Crippen molar-refractivity contribution in [3.8, 4) is 0 Å². The average molecular weight is 445 g/mol. The van der Waals surface area contributed by atoms with Gasteiger partial charge in [-0.3, -0.25) is 0 Å². The second-order valence-electron chi connectivity index (χ2n) is 8.21. The van der Waals surface area contributed by atoms with E-state index >= 15 is 0 Å². The van der Waals surface area contributed by atoms with E-state index in [0.717, 1.165) is 63.5 Å². The van der Waals surface area contributed by atoms with Crippen molar-refractivity contribution in [2.45, 2.75) is 103 Å². The zero-order valence-corrected chi connectivity index (χ0v) is 20.7. The topological polar surface area (TPSA) is 55.4 Å². The van der Waals surface area contributed by atoms with Crippen molar-refractivity contribution in [3.05, 3.63) is 11.6 Å². The second-order valence-corrected chi connectivity index (χ2v) is 8.21. The summed E-state index contributed by atoms with van der Waals surface area (Å²) in [6, 6.07) is 0. The Labute approximate surface area is 190 Å². The Morgan fingerprint density at radius 1 is 0.677 bits per heavy atom. The first kappa shape index (κ1) is 28.5. The molecule has 0 fully saturated rings. The molecule has 0 heterocycles. The fourth-order valence-electron chi connectivity index (χ4n) is 3.48. The maximum Gasteiger partial charge on any atom is 0.147 e. The first-order valence-corrected chi connectivity index (χ1v) is 12.5. The zero-order chi connectivity index (χ0) is 22.7. The standard InChI is InChI=1S/C25H48O6/c1-6-10-14-27-19-21-18-22(31-20-26-5)24(29-16-12-8-3)25(30-17-13-9-4)23(21)28-15-11-7-2/h18,22-25H,6-17,19-20H2,1-5H3/t22-,23-,24+,25+/m1/s1. The highest BCUT2D eigenvalue weighted by atomic mass is 16.7. The highest BCUT2D eigenvalue weighted by Gasteiger charge is 2.43. The minimum absolute atomic E-state index is 0.181. The third-order valence-electron chi connectivity index (χ3n) is 5.39. The van der Waals surface area contributed by atoms with Crippen LogP contribution in [0.25, 0.3) is 0 Å². The summed E-state index contributed by atoms with van der Waals surface area (Å²) >= 11 is 0. The van der Waals surface area contributed by atoms with E-state index in [4.69, 9.17) is 28.4 Å². The molecule has 0 bridgehead atoms. The van der Waals surface area contributed by atoms with Crippen molar-refractivity contribution < 1.29 is 28.4 Å². The molecule has 0 amide bonds. The van der Waals surface area contributed by atoms with Crippen molar-refractivity contribution >= 4 is 0 Å². The highest BCUT2D eigenvalue weighted by Crippen LogP contribution is 2.30. The van der Waals surface area contributed by atoms with Crippen LogP contribution in [0.4, 0.5) is 0 Å². The summed E-state index contributed by atoms with van der Waals surface area (Å²) in [5, 5.41) is 0. The molecule has 1 aliphatic carbocycles. The summed E-state index contributed by atoms with van der Waals surface area (Å²) in [5.74, 6) is 0. The third-order valence-corrected chi connectivity index (χ3v) is 5.39. The van der Waals surface area contributed by atoms with Crippen LogP contribution in [0.2, 0.25) is 0 Å². The van der Waals surface area contributed by atoms with Crippen molar-refractivity contribution in [2.24, 2.45) is 0 Å². The van der Waals surface area contributed by atoms with Crippen molar-refractivity contribution in [2.75, 3.05) is 46.9 Å². The van der Waals surface area contributed by atoms with Crippen molar-refractivity contribution in [1.82, 2.24) is 0 Å². The largest absolute Gasteiger partial charge is 0.377 e. The van der Waals surface area contributed by atoms with Gasteiger partial charge in [0.25, 0.3) is 0 Å². The van der Waals surface area contributed by atoms with Crippen LogP contribution in [0.15, 0.2) is 11.6 Å². The minimum atomic E-state index is -0.251. The predicted octanol–water partition coefficient (Wildman–Crippen LogP) is 5.29. The van der Waals surface area contributed by atoms with Gasteiger partial charge in [0.1, 0.15) is 31.2 Å². The second kappa shape index (κ2) is 19.0. The first-order chi connectivity index (χ1) is 15.2. The molecule has 31 heavy (non-hydrogen) atoms. The molecule has 6 nitrogen and oxygen atoms in total. The van der Waals surface area contributed by atoms with Crippen molar-refractivity contribution in [3.63, 3.8) is 0 Å². The lowest BCUT2D eigenvalue weighted by molar-refractivity contribution is -0.187. The molecule has 0 aliphatic heterocycles. The van der Waals surface area contributed by atoms with Crippen LogP contribution >= 0.6 is 0 Å². The van der Waals surface area contributed by atoms with E-state index in [1.807, 2.05) is 0 Å². The molecule has 0 radical (unpaired) electrons. The van der Waals surface area contributed by atoms with Gasteiger partial charge in [0.05, 0.1) is 6.61 Å². The first-order valence-electron chi connectivity index (χ1n) is 12.5. The Morgan fingerprint density at radius 3 is 1.81 bits per heavy atom. The Kier molecular flexibility index (Phi) is 17.5. The van der Waals surface area contributed by atoms with Crippen LogP contribution in [0, 0.1) is 0 Å². The van der Waals surface area contributed by atoms with Crippen LogP contribution < -0.4 is 0 Å². The van der Waals surface area contributed by atoms with E-state index in [1.165, 1.54) is 0 Å². The van der Waals surface area contributed by atoms with E-state index in [-0.39, 0.29) is 31.2 Å². The lowest BCUT2D eigenvalue weighted by atomic mass is 9.88. The lowest BCUT2D eigenvalue weighted by Crippen LogP contribution is -2.54. The number of methoxy groups -OCH3 is 1. The zero-order valence-electron chi connectivity index (χ0n) is 20.7. The fraction of sp³-hybridized carbons (Fsp3) is 0.920.